The molecule has 1 atom stereocenters. The Balaban J connectivity index is 0.000000810. The summed E-state index contributed by atoms with van der Waals surface area (Å²) in [5.41, 5.74) is 0. The Morgan fingerprint density at radius 2 is 1.70 bits per heavy atom. The molecule has 4 heteroatoms. The third kappa shape index (κ3) is 3.09. The number of hydrogen-bond donors (Lipinski definition) is 0. The van der Waals surface area contributed by atoms with E-state index < -0.39 is 14.9 Å². The van der Waals surface area contributed by atoms with Gasteiger partial charge in [-0.1, -0.05) is 0 Å². The van der Waals surface area contributed by atoms with Crippen LogP contribution in [0.15, 0.2) is 30.3 Å². The van der Waals surface area contributed by atoms with Crippen molar-refractivity contribution in [2.45, 2.75) is 0 Å². The van der Waals surface area contributed by atoms with Crippen LogP contribution in [-0.2, 0) is 3.74 Å². The summed E-state index contributed by atoms with van der Waals surface area (Å²) in [6.45, 7) is 0. The third-order valence-electron chi connectivity index (χ3n) is 1.01. The molecule has 0 aliphatic carbocycles. The fourth-order valence-corrected chi connectivity index (χ4v) is 1.55. The van der Waals surface area contributed by atoms with Crippen molar-refractivity contribution in [1.82, 2.24) is 0 Å². The number of hydrogen-bond acceptors (Lipinski definition) is 2. The van der Waals surface area contributed by atoms with Crippen molar-refractivity contribution in [2.75, 3.05) is 0 Å². The molecule has 1 aromatic carbocycles. The Morgan fingerprint density at radius 3 is 2.00 bits per heavy atom. The van der Waals surface area contributed by atoms with Gasteiger partial charge in [-0.25, -0.2) is 0 Å². The van der Waals surface area contributed by atoms with Gasteiger partial charge in [0, 0.05) is 0 Å². The first-order valence-corrected chi connectivity index (χ1v) is 5.33. The van der Waals surface area contributed by atoms with Gasteiger partial charge in [-0.05, 0) is 0 Å². The van der Waals surface area contributed by atoms with Crippen LogP contribution in [0.25, 0.3) is 0 Å². The second kappa shape index (κ2) is 5.22. The Labute approximate surface area is 86.4 Å². The van der Waals surface area contributed by atoms with Crippen LogP contribution in [0.4, 0.5) is 0 Å². The Morgan fingerprint density at radius 1 is 1.20 bits per heavy atom. The summed E-state index contributed by atoms with van der Waals surface area (Å²) in [5, 5.41) is 0. The number of rotatable bonds is 1. The van der Waals surface area contributed by atoms with E-state index in [9.17, 15) is 7.84 Å². The molecule has 2 nitrogen and oxygen atoms in total. The molecular weight excluding hydrogens is 202 g/mol. The summed E-state index contributed by atoms with van der Waals surface area (Å²) in [6, 6.07) is 8.45. The third-order valence-corrected chi connectivity index (χ3v) is 2.70. The predicted octanol–water partition coefficient (Wildman–Crippen LogP) is -4.09. The zero-order valence-corrected chi connectivity index (χ0v) is 9.80. The van der Waals surface area contributed by atoms with Crippen LogP contribution >= 0.6 is 0 Å². The van der Waals surface area contributed by atoms with Crippen molar-refractivity contribution in [3.63, 3.8) is 0 Å². The van der Waals surface area contributed by atoms with E-state index in [0.717, 1.165) is 0 Å². The smallest absolute Gasteiger partial charge is 1.00 e. The molecule has 0 N–H and O–H groups in total. The fraction of sp³-hybridized carbons (Fsp3) is 0. The van der Waals surface area contributed by atoms with Crippen LogP contribution in [0.3, 0.4) is 0 Å². The van der Waals surface area contributed by atoms with Gasteiger partial charge in [0.05, 0.1) is 0 Å². The van der Waals surface area contributed by atoms with Crippen molar-refractivity contribution < 1.29 is 37.4 Å². The fourth-order valence-electron chi connectivity index (χ4n) is 0.574. The van der Waals surface area contributed by atoms with Crippen LogP contribution < -0.4 is 38.0 Å². The largest absolute Gasteiger partial charge is 1.00 e. The monoisotopic (exact) mass is 208 g/mol. The van der Waals surface area contributed by atoms with Crippen molar-refractivity contribution in [3.05, 3.63) is 30.3 Å². The minimum absolute atomic E-state index is 0. The molecule has 1 aromatic rings. The Hall–Kier alpha value is 0.538. The average Bonchev–Trinajstić information content (AvgIpc) is 1.90. The van der Waals surface area contributed by atoms with E-state index in [2.05, 4.69) is 0 Å². The second-order valence-corrected chi connectivity index (χ2v) is 4.07. The van der Waals surface area contributed by atoms with Gasteiger partial charge in [-0.3, -0.25) is 0 Å². The molecule has 0 aliphatic heterocycles. The molecule has 0 spiro atoms. The van der Waals surface area contributed by atoms with Crippen molar-refractivity contribution in [3.8, 4) is 0 Å². The van der Waals surface area contributed by atoms with Gasteiger partial charge in [0.1, 0.15) is 0 Å². The van der Waals surface area contributed by atoms with E-state index >= 15 is 0 Å². The molecular formula is C6H6AsNaO2. The molecule has 1 unspecified atom stereocenters. The van der Waals surface area contributed by atoms with Crippen molar-refractivity contribution in [1.29, 1.82) is 0 Å². The summed E-state index contributed by atoms with van der Waals surface area (Å²) in [7, 11) is 0. The topological polar surface area (TPSA) is 40.1 Å². The van der Waals surface area contributed by atoms with Gasteiger partial charge in [-0.15, -0.1) is 0 Å². The molecule has 10 heavy (non-hydrogen) atoms. The van der Waals surface area contributed by atoms with Crippen LogP contribution in [-0.4, -0.2) is 14.9 Å². The van der Waals surface area contributed by atoms with Gasteiger partial charge >= 0.3 is 87.0 Å². The summed E-state index contributed by atoms with van der Waals surface area (Å²) in [5.74, 6) is 0. The van der Waals surface area contributed by atoms with Crippen LogP contribution in [0.5, 0.6) is 0 Å². The Bertz CT molecular complexity index is 212. The standard InChI is InChI=1S/C6H7AsO2.Na/c8-7(9)6-4-2-1-3-5-6;/h1-5,7H,(H,8,9);/q;+1/p-1. The van der Waals surface area contributed by atoms with Crippen LogP contribution in [0, 0.1) is 0 Å². The first kappa shape index (κ1) is 10.5. The normalized spacial score (nSPS) is 11.7. The van der Waals surface area contributed by atoms with E-state index in [1.54, 1.807) is 30.3 Å². The molecule has 0 fully saturated rings. The van der Waals surface area contributed by atoms with Gasteiger partial charge in [0.25, 0.3) is 0 Å². The minimum atomic E-state index is -3.27. The van der Waals surface area contributed by atoms with E-state index in [4.69, 9.17) is 0 Å². The zero-order chi connectivity index (χ0) is 6.69. The first-order chi connectivity index (χ1) is 4.30. The second-order valence-electron chi connectivity index (χ2n) is 1.65. The minimum Gasteiger partial charge on any atom is 1.00 e. The maximum Gasteiger partial charge on any atom is 1.00 e. The predicted molar refractivity (Wildman–Crippen MR) is 33.9 cm³/mol. The first-order valence-electron chi connectivity index (χ1n) is 2.57. The molecule has 0 heterocycles. The van der Waals surface area contributed by atoms with Crippen LogP contribution in [0.1, 0.15) is 0 Å². The van der Waals surface area contributed by atoms with Crippen LogP contribution in [0.2, 0.25) is 0 Å². The van der Waals surface area contributed by atoms with Crippen molar-refractivity contribution in [2.24, 2.45) is 0 Å². The molecule has 0 aliphatic rings. The Kier molecular flexibility index (Phi) is 5.50. The van der Waals surface area contributed by atoms with Crippen molar-refractivity contribution >= 4 is 19.3 Å². The molecule has 0 saturated heterocycles. The van der Waals surface area contributed by atoms with E-state index in [-0.39, 0.29) is 29.6 Å². The molecule has 1 rings (SSSR count). The molecule has 0 saturated carbocycles. The zero-order valence-electron chi connectivity index (χ0n) is 5.70. The van der Waals surface area contributed by atoms with E-state index in [0.29, 0.717) is 4.35 Å². The van der Waals surface area contributed by atoms with E-state index in [1.807, 2.05) is 0 Å². The summed E-state index contributed by atoms with van der Waals surface area (Å²) in [4.78, 5) is 0. The molecule has 48 valence electrons. The summed E-state index contributed by atoms with van der Waals surface area (Å²) >= 11 is -3.27. The molecule has 0 bridgehead atoms. The quantitative estimate of drug-likeness (QED) is 0.440. The van der Waals surface area contributed by atoms with Gasteiger partial charge in [-0.2, -0.15) is 0 Å². The van der Waals surface area contributed by atoms with Gasteiger partial charge < -0.3 is 0 Å². The molecule has 0 radical (unpaired) electrons. The summed E-state index contributed by atoms with van der Waals surface area (Å²) < 4.78 is 21.1. The molecule has 0 amide bonds. The SMILES string of the molecule is O=[AsH]([O-])c1ccccc1.[Na+]. The maximum atomic E-state index is 10.3. The maximum absolute atomic E-state index is 10.3. The average molecular weight is 208 g/mol. The number of benzene rings is 1. The molecule has 0 aromatic heterocycles. The van der Waals surface area contributed by atoms with E-state index in [1.165, 1.54) is 0 Å². The van der Waals surface area contributed by atoms with Gasteiger partial charge in [0.15, 0.2) is 0 Å². The summed E-state index contributed by atoms with van der Waals surface area (Å²) in [6.07, 6.45) is 0. The van der Waals surface area contributed by atoms with Gasteiger partial charge in [0.2, 0.25) is 0 Å².